The largest absolute Gasteiger partial charge is 0.313 e. The Bertz CT molecular complexity index is 496. The smallest absolute Gasteiger partial charge is 0.0377 e. The van der Waals surface area contributed by atoms with Crippen LogP contribution in [-0.2, 0) is 6.42 Å². The molecular weight excluding hydrogens is 362 g/mol. The van der Waals surface area contributed by atoms with Crippen molar-refractivity contribution in [2.45, 2.75) is 12.5 Å². The van der Waals surface area contributed by atoms with Gasteiger partial charge in [0.15, 0.2) is 0 Å². The summed E-state index contributed by atoms with van der Waals surface area (Å²) in [4.78, 5) is 1.38. The van der Waals surface area contributed by atoms with E-state index in [2.05, 4.69) is 66.8 Å². The summed E-state index contributed by atoms with van der Waals surface area (Å²) in [7, 11) is 2.01. The van der Waals surface area contributed by atoms with Crippen LogP contribution in [0.2, 0.25) is 0 Å². The highest BCUT2D eigenvalue weighted by Crippen LogP contribution is 2.29. The van der Waals surface area contributed by atoms with E-state index in [0.717, 1.165) is 10.9 Å². The summed E-state index contributed by atoms with van der Waals surface area (Å²) in [5, 5.41) is 5.51. The van der Waals surface area contributed by atoms with Crippen LogP contribution >= 0.6 is 43.2 Å². The summed E-state index contributed by atoms with van der Waals surface area (Å²) in [6.45, 7) is 0. The molecular formula is C13H13Br2NS. The van der Waals surface area contributed by atoms with Gasteiger partial charge in [-0.1, -0.05) is 34.1 Å². The molecule has 0 bridgehead atoms. The van der Waals surface area contributed by atoms with Crippen molar-refractivity contribution in [3.05, 3.63) is 55.1 Å². The molecule has 90 valence electrons. The highest BCUT2D eigenvalue weighted by molar-refractivity contribution is 9.10. The summed E-state index contributed by atoms with van der Waals surface area (Å²) in [5.41, 5.74) is 1.31. The molecule has 2 aromatic rings. The number of thiophene rings is 1. The minimum Gasteiger partial charge on any atom is -0.313 e. The maximum absolute atomic E-state index is 3.61. The molecule has 4 heteroatoms. The van der Waals surface area contributed by atoms with Crippen molar-refractivity contribution in [2.75, 3.05) is 7.05 Å². The fourth-order valence-corrected chi connectivity index (χ4v) is 3.85. The average molecular weight is 375 g/mol. The SMILES string of the molecule is CNC(Cc1cc(Br)cs1)c1ccccc1Br. The number of benzene rings is 1. The summed E-state index contributed by atoms with van der Waals surface area (Å²) in [6.07, 6.45) is 1.01. The highest BCUT2D eigenvalue weighted by Gasteiger charge is 2.13. The first-order valence-electron chi connectivity index (χ1n) is 5.35. The van der Waals surface area contributed by atoms with E-state index < -0.39 is 0 Å². The Morgan fingerprint density at radius 1 is 1.29 bits per heavy atom. The lowest BCUT2D eigenvalue weighted by Gasteiger charge is -2.17. The molecule has 17 heavy (non-hydrogen) atoms. The number of likely N-dealkylation sites (N-methyl/N-ethyl adjacent to an activating group) is 1. The maximum atomic E-state index is 3.61. The van der Waals surface area contributed by atoms with Crippen molar-refractivity contribution in [3.8, 4) is 0 Å². The van der Waals surface area contributed by atoms with E-state index in [1.54, 1.807) is 11.3 Å². The van der Waals surface area contributed by atoms with Gasteiger partial charge in [0.25, 0.3) is 0 Å². The van der Waals surface area contributed by atoms with Gasteiger partial charge in [-0.25, -0.2) is 0 Å². The Morgan fingerprint density at radius 3 is 2.65 bits per heavy atom. The lowest BCUT2D eigenvalue weighted by Crippen LogP contribution is -2.18. The average Bonchev–Trinajstić information content (AvgIpc) is 2.73. The lowest BCUT2D eigenvalue weighted by molar-refractivity contribution is 0.594. The number of rotatable bonds is 4. The molecule has 0 aliphatic heterocycles. The normalized spacial score (nSPS) is 12.6. The van der Waals surface area contributed by atoms with Crippen LogP contribution in [0.15, 0.2) is 44.7 Å². The van der Waals surface area contributed by atoms with Gasteiger partial charge in [0.05, 0.1) is 0 Å². The number of halogens is 2. The van der Waals surface area contributed by atoms with Crippen LogP contribution in [0.25, 0.3) is 0 Å². The molecule has 0 aliphatic rings. The van der Waals surface area contributed by atoms with E-state index in [0.29, 0.717) is 6.04 Å². The highest BCUT2D eigenvalue weighted by atomic mass is 79.9. The molecule has 1 unspecified atom stereocenters. The van der Waals surface area contributed by atoms with E-state index in [4.69, 9.17) is 0 Å². The van der Waals surface area contributed by atoms with E-state index in [9.17, 15) is 0 Å². The summed E-state index contributed by atoms with van der Waals surface area (Å²) >= 11 is 8.90. The zero-order valence-corrected chi connectivity index (χ0v) is 13.4. The fraction of sp³-hybridized carbons (Fsp3) is 0.231. The first-order valence-corrected chi connectivity index (χ1v) is 7.82. The molecule has 0 amide bonds. The molecule has 2 rings (SSSR count). The van der Waals surface area contributed by atoms with E-state index in [1.165, 1.54) is 14.9 Å². The lowest BCUT2D eigenvalue weighted by atomic mass is 10.0. The van der Waals surface area contributed by atoms with Crippen molar-refractivity contribution in [1.82, 2.24) is 5.32 Å². The first-order chi connectivity index (χ1) is 8.20. The van der Waals surface area contributed by atoms with Gasteiger partial charge in [0, 0.05) is 31.7 Å². The molecule has 1 nitrogen and oxygen atoms in total. The number of hydrogen-bond acceptors (Lipinski definition) is 2. The molecule has 0 saturated heterocycles. The van der Waals surface area contributed by atoms with Crippen molar-refractivity contribution < 1.29 is 0 Å². The Labute approximate surface area is 123 Å². The molecule has 0 saturated carbocycles. The Kier molecular flexibility index (Phi) is 4.79. The molecule has 0 spiro atoms. The van der Waals surface area contributed by atoms with Gasteiger partial charge in [-0.2, -0.15) is 0 Å². The molecule has 0 aliphatic carbocycles. The monoisotopic (exact) mass is 373 g/mol. The van der Waals surface area contributed by atoms with Gasteiger partial charge in [0.2, 0.25) is 0 Å². The van der Waals surface area contributed by atoms with E-state index in [-0.39, 0.29) is 0 Å². The predicted molar refractivity (Wildman–Crippen MR) is 81.7 cm³/mol. The summed E-state index contributed by atoms with van der Waals surface area (Å²) in [5.74, 6) is 0. The second-order valence-electron chi connectivity index (χ2n) is 3.80. The molecule has 1 N–H and O–H groups in total. The standard InChI is InChI=1S/C13H13Br2NS/c1-16-13(7-10-6-9(14)8-17-10)11-4-2-3-5-12(11)15/h2-6,8,13,16H,7H2,1H3. The van der Waals surface area contributed by atoms with Crippen LogP contribution in [0.5, 0.6) is 0 Å². The molecule has 1 heterocycles. The quantitative estimate of drug-likeness (QED) is 0.812. The second-order valence-corrected chi connectivity index (χ2v) is 6.56. The predicted octanol–water partition coefficient (Wildman–Crippen LogP) is 4.78. The van der Waals surface area contributed by atoms with Crippen molar-refractivity contribution in [2.24, 2.45) is 0 Å². The first kappa shape index (κ1) is 13.3. The van der Waals surface area contributed by atoms with Gasteiger partial charge >= 0.3 is 0 Å². The third-order valence-electron chi connectivity index (χ3n) is 2.66. The molecule has 1 aromatic carbocycles. The van der Waals surface area contributed by atoms with Crippen LogP contribution in [0.4, 0.5) is 0 Å². The molecule has 1 aromatic heterocycles. The number of hydrogen-bond donors (Lipinski definition) is 1. The van der Waals surface area contributed by atoms with Crippen LogP contribution < -0.4 is 5.32 Å². The minimum absolute atomic E-state index is 0.344. The minimum atomic E-state index is 0.344. The van der Waals surface area contributed by atoms with Gasteiger partial charge in [-0.3, -0.25) is 0 Å². The third kappa shape index (κ3) is 3.41. The Morgan fingerprint density at radius 2 is 2.06 bits per heavy atom. The van der Waals surface area contributed by atoms with Crippen LogP contribution in [0.1, 0.15) is 16.5 Å². The van der Waals surface area contributed by atoms with Gasteiger partial charge < -0.3 is 5.32 Å². The maximum Gasteiger partial charge on any atom is 0.0377 e. The topological polar surface area (TPSA) is 12.0 Å². The fourth-order valence-electron chi connectivity index (χ4n) is 1.79. The number of nitrogens with one attached hydrogen (secondary N) is 1. The molecule has 0 radical (unpaired) electrons. The zero-order chi connectivity index (χ0) is 12.3. The summed E-state index contributed by atoms with van der Waals surface area (Å²) in [6, 6.07) is 10.9. The van der Waals surface area contributed by atoms with Crippen molar-refractivity contribution >= 4 is 43.2 Å². The molecule has 1 atom stereocenters. The third-order valence-corrected chi connectivity index (χ3v) is 5.10. The Hall–Kier alpha value is -0.160. The van der Waals surface area contributed by atoms with Crippen LogP contribution in [0, 0.1) is 0 Å². The van der Waals surface area contributed by atoms with Gasteiger partial charge in [0.1, 0.15) is 0 Å². The van der Waals surface area contributed by atoms with Gasteiger partial charge in [-0.15, -0.1) is 11.3 Å². The van der Waals surface area contributed by atoms with E-state index in [1.807, 2.05) is 13.1 Å². The van der Waals surface area contributed by atoms with Gasteiger partial charge in [-0.05, 0) is 40.7 Å². The van der Waals surface area contributed by atoms with E-state index >= 15 is 0 Å². The second kappa shape index (κ2) is 6.14. The Balaban J connectivity index is 2.20. The molecule has 0 fully saturated rings. The van der Waals surface area contributed by atoms with Crippen molar-refractivity contribution in [3.63, 3.8) is 0 Å². The zero-order valence-electron chi connectivity index (χ0n) is 9.41. The summed E-state index contributed by atoms with van der Waals surface area (Å²) < 4.78 is 2.33. The van der Waals surface area contributed by atoms with Crippen molar-refractivity contribution in [1.29, 1.82) is 0 Å². The van der Waals surface area contributed by atoms with Crippen LogP contribution in [-0.4, -0.2) is 7.05 Å². The van der Waals surface area contributed by atoms with Crippen LogP contribution in [0.3, 0.4) is 0 Å².